The van der Waals surface area contributed by atoms with Gasteiger partial charge >= 0.3 is 0 Å². The summed E-state index contributed by atoms with van der Waals surface area (Å²) < 4.78 is 5.62. The smallest absolute Gasteiger partial charge is 0.261 e. The van der Waals surface area contributed by atoms with E-state index in [1.807, 2.05) is 87.6 Å². The van der Waals surface area contributed by atoms with Crippen molar-refractivity contribution in [2.75, 3.05) is 24.3 Å². The molecule has 6 rings (SSSR count). The zero-order valence-electron chi connectivity index (χ0n) is 22.9. The van der Waals surface area contributed by atoms with Crippen LogP contribution in [-0.4, -0.2) is 49.7 Å². The van der Waals surface area contributed by atoms with Gasteiger partial charge < -0.3 is 25.2 Å². The lowest BCUT2D eigenvalue weighted by Gasteiger charge is -2.28. The van der Waals surface area contributed by atoms with Crippen molar-refractivity contribution >= 4 is 23.1 Å². The van der Waals surface area contributed by atoms with Crippen molar-refractivity contribution in [1.82, 2.24) is 25.0 Å². The number of nitrogens with one attached hydrogen (secondary N) is 2. The highest BCUT2D eigenvalue weighted by Gasteiger charge is 2.40. The lowest BCUT2D eigenvalue weighted by Crippen LogP contribution is -2.35. The van der Waals surface area contributed by atoms with E-state index in [4.69, 9.17) is 4.52 Å². The lowest BCUT2D eigenvalue weighted by atomic mass is 9.93. The molecule has 1 aliphatic rings. The van der Waals surface area contributed by atoms with Crippen molar-refractivity contribution in [3.63, 3.8) is 0 Å². The van der Waals surface area contributed by atoms with Crippen molar-refractivity contribution in [3.8, 4) is 23.0 Å². The van der Waals surface area contributed by atoms with Crippen LogP contribution >= 0.6 is 0 Å². The number of anilines is 3. The molecule has 0 aliphatic carbocycles. The molecule has 2 aromatic carbocycles. The Labute approximate surface area is 237 Å². The van der Waals surface area contributed by atoms with E-state index in [1.165, 1.54) is 0 Å². The van der Waals surface area contributed by atoms with Gasteiger partial charge in [-0.15, -0.1) is 0 Å². The van der Waals surface area contributed by atoms with Gasteiger partial charge in [0.25, 0.3) is 11.8 Å². The third-order valence-electron chi connectivity index (χ3n) is 7.49. The normalized spacial score (nSPS) is 14.5. The predicted molar refractivity (Wildman–Crippen MR) is 155 cm³/mol. The van der Waals surface area contributed by atoms with Crippen LogP contribution in [0.4, 0.5) is 17.2 Å². The molecule has 10 nitrogen and oxygen atoms in total. The van der Waals surface area contributed by atoms with E-state index in [0.29, 0.717) is 34.2 Å². The van der Waals surface area contributed by atoms with Crippen LogP contribution in [0.5, 0.6) is 0 Å². The van der Waals surface area contributed by atoms with Crippen molar-refractivity contribution in [2.45, 2.75) is 25.4 Å². The number of hydrogen-bond donors (Lipinski definition) is 3. The van der Waals surface area contributed by atoms with E-state index in [-0.39, 0.29) is 18.4 Å². The summed E-state index contributed by atoms with van der Waals surface area (Å²) >= 11 is 0. The Kier molecular flexibility index (Phi) is 6.68. The second-order valence-corrected chi connectivity index (χ2v) is 10.4. The highest BCUT2D eigenvalue weighted by Crippen LogP contribution is 2.39. The van der Waals surface area contributed by atoms with Crippen LogP contribution in [0.3, 0.4) is 0 Å². The third-order valence-corrected chi connectivity index (χ3v) is 7.49. The van der Waals surface area contributed by atoms with Gasteiger partial charge in [0.2, 0.25) is 5.82 Å². The molecule has 0 bridgehead atoms. The Bertz CT molecular complexity index is 1700. The first-order chi connectivity index (χ1) is 19.8. The number of fused-ring (bicyclic) bond motifs is 1. The molecule has 0 saturated carbocycles. The predicted octanol–water partition coefficient (Wildman–Crippen LogP) is 5.40. The van der Waals surface area contributed by atoms with E-state index >= 15 is 0 Å². The van der Waals surface area contributed by atoms with E-state index in [9.17, 15) is 9.90 Å². The zero-order chi connectivity index (χ0) is 28.6. The quantitative estimate of drug-likeness (QED) is 0.234. The molecule has 0 saturated heterocycles. The summed E-state index contributed by atoms with van der Waals surface area (Å²) in [6.07, 6.45) is 3.31. The minimum Gasteiger partial charge on any atom is -0.394 e. The molecule has 1 aliphatic heterocycles. The average molecular weight is 548 g/mol. The van der Waals surface area contributed by atoms with Gasteiger partial charge in [0.1, 0.15) is 11.5 Å². The summed E-state index contributed by atoms with van der Waals surface area (Å²) in [6, 6.07) is 22.3. The number of nitrogens with zero attached hydrogens (tertiary/aromatic N) is 5. The van der Waals surface area contributed by atoms with Gasteiger partial charge in [-0.3, -0.25) is 9.78 Å². The van der Waals surface area contributed by atoms with Crippen LogP contribution in [0.15, 0.2) is 89.7 Å². The molecular weight excluding hydrogens is 518 g/mol. The summed E-state index contributed by atoms with van der Waals surface area (Å²) in [7, 11) is 1.81. The molecule has 10 heteroatoms. The number of carbonyl (C=O) groups excluding carboxylic acids is 1. The summed E-state index contributed by atoms with van der Waals surface area (Å²) in [5.74, 6) is 1.18. The van der Waals surface area contributed by atoms with E-state index in [1.54, 1.807) is 23.4 Å². The second-order valence-electron chi connectivity index (χ2n) is 10.4. The van der Waals surface area contributed by atoms with Crippen LogP contribution in [0.2, 0.25) is 0 Å². The molecule has 5 aromatic rings. The van der Waals surface area contributed by atoms with Gasteiger partial charge in [-0.25, -0.2) is 4.98 Å². The zero-order valence-corrected chi connectivity index (χ0v) is 22.9. The fraction of sp³-hybridized carbons (Fsp3) is 0.194. The SMILES string of the molecule is CN1C(=O)c2ccc(Nc3cc(N[C@H](CO)c4ccccc4)c(-c4nc(-c5ccccn5)no4)cn3)cc2C1(C)C. The molecule has 4 heterocycles. The third kappa shape index (κ3) is 4.89. The summed E-state index contributed by atoms with van der Waals surface area (Å²) in [4.78, 5) is 27.9. The Morgan fingerprint density at radius 1 is 1.00 bits per heavy atom. The molecule has 0 spiro atoms. The maximum atomic E-state index is 12.7. The topological polar surface area (TPSA) is 129 Å². The highest BCUT2D eigenvalue weighted by atomic mass is 16.5. The van der Waals surface area contributed by atoms with Crippen molar-refractivity contribution in [3.05, 3.63) is 102 Å². The molecule has 1 atom stereocenters. The first-order valence-electron chi connectivity index (χ1n) is 13.2. The highest BCUT2D eigenvalue weighted by molar-refractivity contribution is 6.00. The minimum atomic E-state index is -0.429. The number of aliphatic hydroxyl groups is 1. The number of rotatable bonds is 8. The van der Waals surface area contributed by atoms with Crippen LogP contribution in [0, 0.1) is 0 Å². The number of pyridine rings is 2. The molecule has 1 amide bonds. The maximum absolute atomic E-state index is 12.7. The average Bonchev–Trinajstić information content (AvgIpc) is 3.55. The van der Waals surface area contributed by atoms with Gasteiger partial charge in [-0.1, -0.05) is 41.6 Å². The fourth-order valence-corrected chi connectivity index (χ4v) is 4.93. The van der Waals surface area contributed by atoms with E-state index in [2.05, 4.69) is 30.7 Å². The first kappa shape index (κ1) is 26.1. The fourth-order valence-electron chi connectivity index (χ4n) is 4.93. The number of amides is 1. The number of aliphatic hydroxyl groups excluding tert-OH is 1. The summed E-state index contributed by atoms with van der Waals surface area (Å²) in [6.45, 7) is 3.91. The first-order valence-corrected chi connectivity index (χ1v) is 13.2. The molecular formula is C31H29N7O3. The molecule has 206 valence electrons. The van der Waals surface area contributed by atoms with Crippen molar-refractivity contribution in [1.29, 1.82) is 0 Å². The molecule has 41 heavy (non-hydrogen) atoms. The Hall–Kier alpha value is -5.09. The van der Waals surface area contributed by atoms with Crippen LogP contribution < -0.4 is 10.6 Å². The summed E-state index contributed by atoms with van der Waals surface area (Å²) in [5, 5.41) is 21.2. The standard InChI is InChI=1S/C31H29N7O3/c1-31(2)23-15-20(12-13-21(23)30(40)38(31)3)34-27-16-25(35-26(18-39)19-9-5-4-6-10-19)22(17-33-27)29-36-28(37-41-29)24-11-7-8-14-32-24/h4-17,26,39H,18H2,1-3H3,(H2,33,34,35)/t26-/m1/s1. The Morgan fingerprint density at radius 3 is 2.56 bits per heavy atom. The van der Waals surface area contributed by atoms with Gasteiger partial charge in [-0.2, -0.15) is 4.98 Å². The molecule has 0 unspecified atom stereocenters. The second kappa shape index (κ2) is 10.5. The summed E-state index contributed by atoms with van der Waals surface area (Å²) in [5.41, 5.74) is 4.72. The maximum Gasteiger partial charge on any atom is 0.261 e. The van der Waals surface area contributed by atoms with Crippen molar-refractivity contribution < 1.29 is 14.4 Å². The van der Waals surface area contributed by atoms with E-state index < -0.39 is 11.6 Å². The molecule has 0 fully saturated rings. The number of carbonyl (C=O) groups is 1. The van der Waals surface area contributed by atoms with Crippen LogP contribution in [0.1, 0.15) is 41.4 Å². The van der Waals surface area contributed by atoms with Crippen LogP contribution in [0.25, 0.3) is 23.0 Å². The largest absolute Gasteiger partial charge is 0.394 e. The molecule has 0 radical (unpaired) electrons. The lowest BCUT2D eigenvalue weighted by molar-refractivity contribution is 0.0691. The Morgan fingerprint density at radius 2 is 1.80 bits per heavy atom. The monoisotopic (exact) mass is 547 g/mol. The Balaban J connectivity index is 1.36. The minimum absolute atomic E-state index is 0.00565. The molecule has 3 N–H and O–H groups in total. The van der Waals surface area contributed by atoms with E-state index in [0.717, 1.165) is 16.8 Å². The van der Waals surface area contributed by atoms with Gasteiger partial charge in [0, 0.05) is 36.8 Å². The van der Waals surface area contributed by atoms with Crippen molar-refractivity contribution in [2.24, 2.45) is 0 Å². The van der Waals surface area contributed by atoms with Crippen LogP contribution in [-0.2, 0) is 5.54 Å². The number of aromatic nitrogens is 4. The van der Waals surface area contributed by atoms with Gasteiger partial charge in [-0.05, 0) is 55.3 Å². The number of hydrogen-bond acceptors (Lipinski definition) is 9. The molecule has 3 aromatic heterocycles. The number of benzene rings is 2. The van der Waals surface area contributed by atoms with Gasteiger partial charge in [0.15, 0.2) is 0 Å². The van der Waals surface area contributed by atoms with Gasteiger partial charge in [0.05, 0.1) is 29.4 Å².